The van der Waals surface area contributed by atoms with Crippen molar-refractivity contribution in [1.29, 1.82) is 0 Å². The van der Waals surface area contributed by atoms with Crippen molar-refractivity contribution in [3.8, 4) is 0 Å². The molecule has 5 rings (SSSR count). The number of anilines is 1. The van der Waals surface area contributed by atoms with Gasteiger partial charge in [0.2, 0.25) is 0 Å². The van der Waals surface area contributed by atoms with Crippen LogP contribution < -0.4 is 9.77 Å². The fraction of sp³-hybridized carbons (Fsp3) is 0.600. The lowest BCUT2D eigenvalue weighted by Crippen LogP contribution is -2.34. The van der Waals surface area contributed by atoms with Gasteiger partial charge in [0.05, 0.1) is 11.6 Å². The highest BCUT2D eigenvalue weighted by Gasteiger charge is 2.55. The van der Waals surface area contributed by atoms with Crippen LogP contribution in [0.1, 0.15) is 56.4 Å². The Balaban J connectivity index is 1.56. The van der Waals surface area contributed by atoms with Crippen LogP contribution in [0.15, 0.2) is 34.1 Å². The number of esters is 1. The summed E-state index contributed by atoms with van der Waals surface area (Å²) in [6.45, 7) is 8.51. The Hall–Kier alpha value is -1.73. The zero-order valence-corrected chi connectivity index (χ0v) is 20.7. The molecule has 0 radical (unpaired) electrons. The third kappa shape index (κ3) is 3.61. The summed E-state index contributed by atoms with van der Waals surface area (Å²) in [5, 5.41) is 1.55. The Morgan fingerprint density at radius 1 is 1.12 bits per heavy atom. The molecule has 5 atom stereocenters. The van der Waals surface area contributed by atoms with Gasteiger partial charge < -0.3 is 9.64 Å². The average molecular weight is 473 g/mol. The van der Waals surface area contributed by atoms with Crippen LogP contribution in [0.4, 0.5) is 5.69 Å². The van der Waals surface area contributed by atoms with Gasteiger partial charge in [0.15, 0.2) is 0 Å². The van der Waals surface area contributed by atoms with Gasteiger partial charge in [-0.1, -0.05) is 23.5 Å². The second-order valence-corrected chi connectivity index (χ2v) is 11.3. The molecule has 2 fully saturated rings. The summed E-state index contributed by atoms with van der Waals surface area (Å²) >= 11 is 3.21. The Bertz CT molecular complexity index is 1040. The normalized spacial score (nSPS) is 27.8. The van der Waals surface area contributed by atoms with Gasteiger partial charge in [-0.15, -0.1) is 11.8 Å². The van der Waals surface area contributed by atoms with E-state index in [0.29, 0.717) is 17.8 Å². The Labute approximate surface area is 198 Å². The van der Waals surface area contributed by atoms with Gasteiger partial charge >= 0.3 is 10.8 Å². The van der Waals surface area contributed by atoms with E-state index in [1.807, 2.05) is 11.8 Å². The Morgan fingerprint density at radius 3 is 2.53 bits per heavy atom. The molecule has 2 aliphatic carbocycles. The number of hydrogen-bond donors (Lipinski definition) is 0. The predicted octanol–water partition coefficient (Wildman–Crippen LogP) is 4.97. The lowest BCUT2D eigenvalue weighted by atomic mass is 9.75. The maximum absolute atomic E-state index is 13.0. The van der Waals surface area contributed by atoms with E-state index in [2.05, 4.69) is 43.0 Å². The minimum Gasteiger partial charge on any atom is -0.465 e. The summed E-state index contributed by atoms with van der Waals surface area (Å²) < 4.78 is 6.84. The summed E-state index contributed by atoms with van der Waals surface area (Å²) in [4.78, 5) is 28.7. The van der Waals surface area contributed by atoms with Crippen molar-refractivity contribution in [3.05, 3.63) is 44.4 Å². The lowest BCUT2D eigenvalue weighted by molar-refractivity contribution is -0.144. The summed E-state index contributed by atoms with van der Waals surface area (Å²) in [6, 6.07) is 9.04. The molecule has 1 aliphatic heterocycles. The van der Waals surface area contributed by atoms with Crippen LogP contribution in [-0.2, 0) is 16.1 Å². The van der Waals surface area contributed by atoms with Crippen molar-refractivity contribution >= 4 is 34.8 Å². The molecule has 32 heavy (non-hydrogen) atoms. The highest BCUT2D eigenvalue weighted by atomic mass is 32.2. The molecule has 7 heteroatoms. The van der Waals surface area contributed by atoms with Gasteiger partial charge in [0.25, 0.3) is 0 Å². The molecule has 1 aromatic heterocycles. The van der Waals surface area contributed by atoms with E-state index in [0.717, 1.165) is 34.8 Å². The highest BCUT2D eigenvalue weighted by molar-refractivity contribution is 8.00. The number of hydrogen-bond acceptors (Lipinski definition) is 6. The van der Waals surface area contributed by atoms with Crippen LogP contribution in [0.25, 0.3) is 0 Å². The molecule has 3 aliphatic rings. The number of aromatic nitrogens is 1. The Kier molecular flexibility index (Phi) is 6.14. The molecule has 0 spiro atoms. The molecule has 172 valence electrons. The first-order valence-electron chi connectivity index (χ1n) is 12.0. The molecule has 5 nitrogen and oxygen atoms in total. The summed E-state index contributed by atoms with van der Waals surface area (Å²) in [5.74, 6) is 1.98. The zero-order chi connectivity index (χ0) is 22.4. The van der Waals surface area contributed by atoms with Crippen LogP contribution in [0.5, 0.6) is 0 Å². The van der Waals surface area contributed by atoms with Gasteiger partial charge in [-0.05, 0) is 75.5 Å². The van der Waals surface area contributed by atoms with Crippen LogP contribution >= 0.6 is 23.1 Å². The first-order chi connectivity index (χ1) is 15.5. The number of rotatable bonds is 7. The molecule has 2 saturated carbocycles. The smallest absolute Gasteiger partial charge is 0.326 e. The van der Waals surface area contributed by atoms with E-state index in [1.165, 1.54) is 41.9 Å². The molecule has 0 unspecified atom stereocenters. The number of thioether (sulfide) groups is 1. The van der Waals surface area contributed by atoms with Crippen molar-refractivity contribution in [2.24, 2.45) is 17.8 Å². The maximum atomic E-state index is 13.0. The fourth-order valence-corrected chi connectivity index (χ4v) is 9.43. The van der Waals surface area contributed by atoms with Gasteiger partial charge in [0.1, 0.15) is 6.54 Å². The number of fused-ring (bicyclic) bond motifs is 6. The van der Waals surface area contributed by atoms with Gasteiger partial charge in [-0.2, -0.15) is 0 Å². The maximum Gasteiger partial charge on any atom is 0.326 e. The fourth-order valence-electron chi connectivity index (χ4n) is 6.28. The zero-order valence-electron chi connectivity index (χ0n) is 19.1. The number of nitrogens with zero attached hydrogens (tertiary/aromatic N) is 2. The quantitative estimate of drug-likeness (QED) is 0.533. The largest absolute Gasteiger partial charge is 0.465 e. The third-order valence-electron chi connectivity index (χ3n) is 7.66. The van der Waals surface area contributed by atoms with E-state index < -0.39 is 0 Å². The lowest BCUT2D eigenvalue weighted by Gasteiger charge is -2.40. The van der Waals surface area contributed by atoms with Crippen LogP contribution in [-0.4, -0.2) is 35.5 Å². The standard InChI is InChI=1S/C25H32N2O3S2/c1-4-26(5-2)18-11-9-15(10-12-18)20-21-16-7-8-17(13-16)22(21)31-24-23(20)32-25(29)27(24)14-19(28)30-6-3/h9-12,16-17,20-22H,4-8,13-14H2,1-3H3/t16-,17-,20-,21-,22+/m0/s1. The number of carbonyl (C=O) groups is 1. The minimum atomic E-state index is -0.328. The SMILES string of the molecule is CCOC(=O)Cn1c2c(sc1=O)[C@@H](c1ccc(N(CC)CC)cc1)[C@@H]1[C@H]3CC[C@@H](C3)[C@H]1S2. The van der Waals surface area contributed by atoms with E-state index in [1.54, 1.807) is 11.5 Å². The molecule has 2 heterocycles. The van der Waals surface area contributed by atoms with Crippen molar-refractivity contribution in [2.75, 3.05) is 24.6 Å². The molecular weight excluding hydrogens is 440 g/mol. The highest BCUT2D eigenvalue weighted by Crippen LogP contribution is 2.64. The van der Waals surface area contributed by atoms with E-state index in [9.17, 15) is 9.59 Å². The molecule has 2 bridgehead atoms. The summed E-state index contributed by atoms with van der Waals surface area (Å²) in [7, 11) is 0. The van der Waals surface area contributed by atoms with E-state index >= 15 is 0 Å². The molecule has 2 aromatic rings. The molecule has 1 aromatic carbocycles. The summed E-state index contributed by atoms with van der Waals surface area (Å²) in [5.41, 5.74) is 2.57. The van der Waals surface area contributed by atoms with Crippen molar-refractivity contribution in [3.63, 3.8) is 0 Å². The van der Waals surface area contributed by atoms with Gasteiger partial charge in [0, 0.05) is 34.8 Å². The second kappa shape index (κ2) is 8.90. The molecule has 0 N–H and O–H groups in total. The number of carbonyl (C=O) groups excluding carboxylic acids is 1. The molecule has 0 amide bonds. The number of benzene rings is 1. The first kappa shape index (κ1) is 22.1. The Morgan fingerprint density at radius 2 is 1.84 bits per heavy atom. The van der Waals surface area contributed by atoms with Crippen LogP contribution in [0, 0.1) is 17.8 Å². The third-order valence-corrected chi connectivity index (χ3v) is 10.5. The average Bonchev–Trinajstić information content (AvgIpc) is 3.48. The van der Waals surface area contributed by atoms with Crippen molar-refractivity contribution in [1.82, 2.24) is 4.57 Å². The van der Waals surface area contributed by atoms with Gasteiger partial charge in [-0.3, -0.25) is 14.2 Å². The second-order valence-electron chi connectivity index (χ2n) is 9.16. The topological polar surface area (TPSA) is 51.5 Å². The van der Waals surface area contributed by atoms with Crippen molar-refractivity contribution < 1.29 is 9.53 Å². The van der Waals surface area contributed by atoms with Crippen molar-refractivity contribution in [2.45, 2.75) is 62.8 Å². The van der Waals surface area contributed by atoms with E-state index in [4.69, 9.17) is 4.74 Å². The van der Waals surface area contributed by atoms with E-state index in [-0.39, 0.29) is 23.3 Å². The monoisotopic (exact) mass is 472 g/mol. The van der Waals surface area contributed by atoms with Crippen LogP contribution in [0.2, 0.25) is 0 Å². The molecular formula is C25H32N2O3S2. The number of thiazole rings is 1. The van der Waals surface area contributed by atoms with Gasteiger partial charge in [-0.25, -0.2) is 0 Å². The predicted molar refractivity (Wildman–Crippen MR) is 131 cm³/mol. The van der Waals surface area contributed by atoms with Crippen LogP contribution in [0.3, 0.4) is 0 Å². The number of ether oxygens (including phenoxy) is 1. The minimum absolute atomic E-state index is 0.0185. The first-order valence-corrected chi connectivity index (χ1v) is 13.7. The molecule has 0 saturated heterocycles. The summed E-state index contributed by atoms with van der Waals surface area (Å²) in [6.07, 6.45) is 3.93.